The maximum Gasteiger partial charge on any atom is 0.312 e. The van der Waals surface area contributed by atoms with E-state index in [1.54, 1.807) is 24.3 Å². The quantitative estimate of drug-likeness (QED) is 0.792. The lowest BCUT2D eigenvalue weighted by atomic mass is 10.2. The van der Waals surface area contributed by atoms with Crippen molar-refractivity contribution in [3.05, 3.63) is 59.7 Å². The molecule has 0 aromatic heterocycles. The monoisotopic (exact) mass is 340 g/mol. The third kappa shape index (κ3) is 3.81. The van der Waals surface area contributed by atoms with Gasteiger partial charge in [-0.05, 0) is 38.1 Å². The molecule has 0 saturated carbocycles. The summed E-state index contributed by atoms with van der Waals surface area (Å²) in [5.74, 6) is 0. The van der Waals surface area contributed by atoms with Crippen molar-refractivity contribution in [2.75, 3.05) is 0 Å². The average Bonchev–Trinajstić information content (AvgIpc) is 2.38. The molecule has 7 heteroatoms. The minimum atomic E-state index is -3.74. The molecule has 0 aliphatic rings. The fourth-order valence-corrected chi connectivity index (χ4v) is 12.9. The van der Waals surface area contributed by atoms with Gasteiger partial charge in [0.25, 0.3) is 0 Å². The summed E-state index contributed by atoms with van der Waals surface area (Å²) in [6.07, 6.45) is 0. The van der Waals surface area contributed by atoms with E-state index in [2.05, 4.69) is 0 Å². The highest BCUT2D eigenvalue weighted by Gasteiger charge is 2.27. The molecule has 0 aliphatic carbocycles. The SMILES string of the molecule is Cc1ccc(S(=O)(=O)[SiH2]S(=O)(=O)c2ccc(C)cc2)cc1. The molecule has 0 radical (unpaired) electrons. The number of rotatable bonds is 4. The predicted octanol–water partition coefficient (Wildman–Crippen LogP) is 1.55. The summed E-state index contributed by atoms with van der Waals surface area (Å²) in [5.41, 5.74) is 1.86. The molecule has 0 bridgehead atoms. The molecule has 0 spiro atoms. The molecule has 0 fully saturated rings. The van der Waals surface area contributed by atoms with E-state index in [1.165, 1.54) is 24.3 Å². The maximum absolute atomic E-state index is 12.3. The third-order valence-electron chi connectivity index (χ3n) is 3.07. The van der Waals surface area contributed by atoms with Crippen LogP contribution in [0.5, 0.6) is 0 Å². The lowest BCUT2D eigenvalue weighted by Gasteiger charge is -2.06. The smallest absolute Gasteiger partial charge is 0.231 e. The Morgan fingerprint density at radius 2 is 0.905 bits per heavy atom. The molecule has 0 heterocycles. The van der Waals surface area contributed by atoms with Gasteiger partial charge >= 0.3 is 7.82 Å². The van der Waals surface area contributed by atoms with Crippen molar-refractivity contribution in [3.8, 4) is 0 Å². The summed E-state index contributed by atoms with van der Waals surface area (Å²) in [4.78, 5) is 0.158. The molecule has 21 heavy (non-hydrogen) atoms. The van der Waals surface area contributed by atoms with Crippen LogP contribution in [-0.2, 0) is 18.6 Å². The normalized spacial score (nSPS) is 12.3. The Morgan fingerprint density at radius 3 is 1.19 bits per heavy atom. The highest BCUT2D eigenvalue weighted by atomic mass is 32.6. The van der Waals surface area contributed by atoms with Gasteiger partial charge in [0.2, 0.25) is 0 Å². The molecule has 0 unspecified atom stereocenters. The largest absolute Gasteiger partial charge is 0.312 e. The van der Waals surface area contributed by atoms with Crippen LogP contribution in [0.4, 0.5) is 0 Å². The molecule has 0 aliphatic heterocycles. The Labute approximate surface area is 126 Å². The molecule has 4 nitrogen and oxygen atoms in total. The Kier molecular flexibility index (Phi) is 4.36. The molecular formula is C14H16O4S2Si. The van der Waals surface area contributed by atoms with E-state index in [0.717, 1.165) is 11.1 Å². The Balaban J connectivity index is 2.35. The van der Waals surface area contributed by atoms with Crippen LogP contribution in [0.3, 0.4) is 0 Å². The van der Waals surface area contributed by atoms with E-state index in [-0.39, 0.29) is 9.79 Å². The van der Waals surface area contributed by atoms with E-state index >= 15 is 0 Å². The summed E-state index contributed by atoms with van der Waals surface area (Å²) < 4.78 is 49.1. The van der Waals surface area contributed by atoms with Crippen molar-refractivity contribution in [1.29, 1.82) is 0 Å². The molecular weight excluding hydrogens is 324 g/mol. The topological polar surface area (TPSA) is 68.3 Å². The van der Waals surface area contributed by atoms with Gasteiger partial charge in [-0.3, -0.25) is 0 Å². The summed E-state index contributed by atoms with van der Waals surface area (Å²) in [6, 6.07) is 12.5. The van der Waals surface area contributed by atoms with Crippen molar-refractivity contribution in [1.82, 2.24) is 0 Å². The standard InChI is InChI=1S/C14H16O4S2Si/c1-11-3-7-13(8-4-11)19(15,16)21-20(17,18)14-9-5-12(2)6-10-14/h3-10H,21H2,1-2H3. The highest BCUT2D eigenvalue weighted by Crippen LogP contribution is 2.17. The van der Waals surface area contributed by atoms with Gasteiger partial charge in [0.1, 0.15) is 0 Å². The second-order valence-corrected chi connectivity index (χ2v) is 16.0. The van der Waals surface area contributed by atoms with E-state index in [1.807, 2.05) is 13.8 Å². The fraction of sp³-hybridized carbons (Fsp3) is 0.143. The first-order valence-electron chi connectivity index (χ1n) is 6.29. The van der Waals surface area contributed by atoms with Gasteiger partial charge < -0.3 is 0 Å². The van der Waals surface area contributed by atoms with Gasteiger partial charge in [0, 0.05) is 0 Å². The highest BCUT2D eigenvalue weighted by molar-refractivity contribution is 8.43. The van der Waals surface area contributed by atoms with E-state index < -0.39 is 26.4 Å². The lowest BCUT2D eigenvalue weighted by molar-refractivity contribution is 0.605. The lowest BCUT2D eigenvalue weighted by Crippen LogP contribution is -2.21. The van der Waals surface area contributed by atoms with Crippen molar-refractivity contribution in [3.63, 3.8) is 0 Å². The first-order valence-corrected chi connectivity index (χ1v) is 13.1. The molecule has 0 atom stereocenters. The van der Waals surface area contributed by atoms with E-state index in [4.69, 9.17) is 0 Å². The van der Waals surface area contributed by atoms with Gasteiger partial charge in [-0.25, -0.2) is 16.8 Å². The fourth-order valence-electron chi connectivity index (χ4n) is 1.83. The van der Waals surface area contributed by atoms with E-state index in [9.17, 15) is 16.8 Å². The van der Waals surface area contributed by atoms with Gasteiger partial charge in [0.05, 0.1) is 9.79 Å². The van der Waals surface area contributed by atoms with Gasteiger partial charge in [0.15, 0.2) is 18.6 Å². The summed E-state index contributed by atoms with van der Waals surface area (Å²) in [7, 11) is -9.89. The molecule has 0 saturated heterocycles. The van der Waals surface area contributed by atoms with Crippen LogP contribution in [0, 0.1) is 13.8 Å². The number of aryl methyl sites for hydroxylation is 2. The van der Waals surface area contributed by atoms with Crippen molar-refractivity contribution in [2.24, 2.45) is 0 Å². The molecule has 2 aromatic carbocycles. The Bertz CT molecular complexity index is 763. The second-order valence-electron chi connectivity index (χ2n) is 4.97. The van der Waals surface area contributed by atoms with Crippen LogP contribution in [0.1, 0.15) is 11.1 Å². The first-order chi connectivity index (χ1) is 9.71. The second kappa shape index (κ2) is 5.74. The number of benzene rings is 2. The molecule has 0 N–H and O–H groups in total. The molecule has 2 rings (SSSR count). The van der Waals surface area contributed by atoms with Crippen LogP contribution in [0.25, 0.3) is 0 Å². The van der Waals surface area contributed by atoms with Gasteiger partial charge in [-0.1, -0.05) is 35.4 Å². The minimum absolute atomic E-state index is 0.0791. The zero-order valence-electron chi connectivity index (χ0n) is 11.8. The summed E-state index contributed by atoms with van der Waals surface area (Å²) >= 11 is 0. The van der Waals surface area contributed by atoms with Crippen LogP contribution in [0.2, 0.25) is 0 Å². The molecule has 112 valence electrons. The Hall–Kier alpha value is -1.44. The van der Waals surface area contributed by atoms with Crippen LogP contribution < -0.4 is 0 Å². The summed E-state index contributed by atoms with van der Waals surface area (Å²) in [6.45, 7) is 3.69. The van der Waals surface area contributed by atoms with Crippen LogP contribution in [0.15, 0.2) is 58.3 Å². The zero-order chi connectivity index (χ0) is 15.7. The van der Waals surface area contributed by atoms with Crippen molar-refractivity contribution >= 4 is 26.4 Å². The summed E-state index contributed by atoms with van der Waals surface area (Å²) in [5, 5.41) is 0. The third-order valence-corrected chi connectivity index (χ3v) is 15.1. The van der Waals surface area contributed by atoms with Gasteiger partial charge in [-0.2, -0.15) is 0 Å². The van der Waals surface area contributed by atoms with Crippen molar-refractivity contribution < 1.29 is 16.8 Å². The van der Waals surface area contributed by atoms with Crippen LogP contribution >= 0.6 is 0 Å². The minimum Gasteiger partial charge on any atom is -0.231 e. The van der Waals surface area contributed by atoms with Crippen LogP contribution in [-0.4, -0.2) is 24.7 Å². The first kappa shape index (κ1) is 15.9. The maximum atomic E-state index is 12.3. The average molecular weight is 340 g/mol. The predicted molar refractivity (Wildman–Crippen MR) is 85.3 cm³/mol. The Morgan fingerprint density at radius 1 is 0.619 bits per heavy atom. The molecule has 2 aromatic rings. The zero-order valence-corrected chi connectivity index (χ0v) is 14.8. The van der Waals surface area contributed by atoms with E-state index in [0.29, 0.717) is 0 Å². The van der Waals surface area contributed by atoms with Gasteiger partial charge in [-0.15, -0.1) is 0 Å². The van der Waals surface area contributed by atoms with Crippen molar-refractivity contribution in [2.45, 2.75) is 23.6 Å². The number of hydrogen-bond donors (Lipinski definition) is 0. The molecule has 0 amide bonds. The number of hydrogen-bond acceptors (Lipinski definition) is 4.